The summed E-state index contributed by atoms with van der Waals surface area (Å²) in [6, 6.07) is 6.31. The number of benzene rings is 1. The van der Waals surface area contributed by atoms with E-state index in [0.29, 0.717) is 23.7 Å². The zero-order valence-electron chi connectivity index (χ0n) is 15.7. The molecule has 2 amide bonds. The molecule has 6 nitrogen and oxygen atoms in total. The highest BCUT2D eigenvalue weighted by Crippen LogP contribution is 2.30. The second kappa shape index (κ2) is 7.19. The first-order valence-electron chi connectivity index (χ1n) is 9.25. The second-order valence-electron chi connectivity index (χ2n) is 7.97. The van der Waals surface area contributed by atoms with Crippen LogP contribution < -0.4 is 5.32 Å². The number of sulfone groups is 1. The van der Waals surface area contributed by atoms with Crippen LogP contribution in [0.3, 0.4) is 0 Å². The summed E-state index contributed by atoms with van der Waals surface area (Å²) in [5.41, 5.74) is 0.214. The summed E-state index contributed by atoms with van der Waals surface area (Å²) in [4.78, 5) is 14.6. The number of hydrogen-bond acceptors (Lipinski definition) is 4. The van der Waals surface area contributed by atoms with Gasteiger partial charge in [0.2, 0.25) is 0 Å². The third kappa shape index (κ3) is 4.20. The van der Waals surface area contributed by atoms with Crippen LogP contribution in [0.25, 0.3) is 0 Å². The van der Waals surface area contributed by atoms with Crippen molar-refractivity contribution in [3.63, 3.8) is 0 Å². The molecule has 1 heterocycles. The minimum absolute atomic E-state index is 0.0246. The number of nitrogens with zero attached hydrogens (tertiary/aromatic N) is 1. The molecule has 3 rings (SSSR count). The lowest BCUT2D eigenvalue weighted by atomic mass is 10.1. The summed E-state index contributed by atoms with van der Waals surface area (Å²) in [5, 5.41) is 2.59. The van der Waals surface area contributed by atoms with E-state index in [9.17, 15) is 13.2 Å². The number of hydrogen-bond donors (Lipinski definition) is 1. The second-order valence-corrected chi connectivity index (χ2v) is 10.2. The fourth-order valence-corrected chi connectivity index (χ4v) is 5.78. The van der Waals surface area contributed by atoms with Crippen molar-refractivity contribution in [2.24, 2.45) is 0 Å². The number of urea groups is 1. The van der Waals surface area contributed by atoms with Crippen LogP contribution in [0, 0.1) is 0 Å². The molecule has 0 aromatic heterocycles. The van der Waals surface area contributed by atoms with E-state index >= 15 is 0 Å². The van der Waals surface area contributed by atoms with Gasteiger partial charge in [0.1, 0.15) is 0 Å². The van der Waals surface area contributed by atoms with E-state index in [1.54, 1.807) is 29.2 Å². The first-order chi connectivity index (χ1) is 12.2. The first kappa shape index (κ1) is 19.2. The molecule has 1 unspecified atom stereocenters. The van der Waals surface area contributed by atoms with E-state index < -0.39 is 9.84 Å². The molecule has 0 radical (unpaired) electrons. The Labute approximate surface area is 155 Å². The number of amides is 2. The minimum Gasteiger partial charge on any atom is -0.369 e. The number of carbonyl (C=O) groups excluding carboxylic acids is 1. The molecule has 0 bridgehead atoms. The van der Waals surface area contributed by atoms with Crippen molar-refractivity contribution in [1.29, 1.82) is 0 Å². The van der Waals surface area contributed by atoms with Crippen molar-refractivity contribution in [3.05, 3.63) is 24.3 Å². The highest BCUT2D eigenvalue weighted by atomic mass is 32.2. The van der Waals surface area contributed by atoms with Crippen molar-refractivity contribution >= 4 is 21.6 Å². The molecule has 2 aliphatic rings. The van der Waals surface area contributed by atoms with Crippen LogP contribution >= 0.6 is 0 Å². The average Bonchev–Trinajstić information content (AvgIpc) is 3.08. The smallest absolute Gasteiger partial charge is 0.322 e. The van der Waals surface area contributed by atoms with E-state index in [-0.39, 0.29) is 23.0 Å². The SMILES string of the molecule is CC1CN(C(=O)Nc2ccc(S(=O)(=O)C3CCCC3)cc2)CC(C)(C)O1. The predicted molar refractivity (Wildman–Crippen MR) is 101 cm³/mol. The number of nitrogens with one attached hydrogen (secondary N) is 1. The van der Waals surface area contributed by atoms with Gasteiger partial charge in [-0.05, 0) is 57.9 Å². The fraction of sp³-hybridized carbons (Fsp3) is 0.632. The van der Waals surface area contributed by atoms with Gasteiger partial charge in [-0.15, -0.1) is 0 Å². The summed E-state index contributed by atoms with van der Waals surface area (Å²) < 4.78 is 31.0. The first-order valence-corrected chi connectivity index (χ1v) is 10.8. The molecule has 1 aromatic carbocycles. The molecule has 144 valence electrons. The monoisotopic (exact) mass is 380 g/mol. The highest BCUT2D eigenvalue weighted by molar-refractivity contribution is 7.92. The molecule has 1 saturated heterocycles. The summed E-state index contributed by atoms with van der Waals surface area (Å²) in [7, 11) is -3.27. The highest BCUT2D eigenvalue weighted by Gasteiger charge is 2.34. The largest absolute Gasteiger partial charge is 0.369 e. The van der Waals surface area contributed by atoms with Crippen LogP contribution in [0.15, 0.2) is 29.2 Å². The van der Waals surface area contributed by atoms with Gasteiger partial charge in [-0.3, -0.25) is 0 Å². The molecule has 1 aliphatic carbocycles. The van der Waals surface area contributed by atoms with Crippen LogP contribution in [0.2, 0.25) is 0 Å². The maximum atomic E-state index is 12.6. The molecule has 1 saturated carbocycles. The molecule has 1 atom stereocenters. The fourth-order valence-electron chi connectivity index (χ4n) is 3.93. The number of ether oxygens (including phenoxy) is 1. The van der Waals surface area contributed by atoms with Gasteiger partial charge in [0.05, 0.1) is 28.4 Å². The van der Waals surface area contributed by atoms with Gasteiger partial charge in [0.15, 0.2) is 9.84 Å². The minimum atomic E-state index is -3.27. The van der Waals surface area contributed by atoms with Gasteiger partial charge in [0, 0.05) is 12.2 Å². The topological polar surface area (TPSA) is 75.7 Å². The number of anilines is 1. The predicted octanol–water partition coefficient (Wildman–Crippen LogP) is 3.43. The van der Waals surface area contributed by atoms with Gasteiger partial charge in [-0.1, -0.05) is 12.8 Å². The summed E-state index contributed by atoms with van der Waals surface area (Å²) >= 11 is 0. The lowest BCUT2D eigenvalue weighted by Crippen LogP contribution is -2.54. The van der Waals surface area contributed by atoms with Gasteiger partial charge in [-0.25, -0.2) is 13.2 Å². The maximum absolute atomic E-state index is 12.6. The Bertz CT molecular complexity index is 752. The van der Waals surface area contributed by atoms with E-state index in [0.717, 1.165) is 25.7 Å². The van der Waals surface area contributed by atoms with Crippen LogP contribution in [0.4, 0.5) is 10.5 Å². The van der Waals surface area contributed by atoms with E-state index in [2.05, 4.69) is 5.32 Å². The zero-order valence-corrected chi connectivity index (χ0v) is 16.5. The zero-order chi connectivity index (χ0) is 18.9. The van der Waals surface area contributed by atoms with Gasteiger partial charge >= 0.3 is 6.03 Å². The van der Waals surface area contributed by atoms with E-state index in [1.807, 2.05) is 20.8 Å². The third-order valence-electron chi connectivity index (χ3n) is 5.03. The molecular weight excluding hydrogens is 352 g/mol. The van der Waals surface area contributed by atoms with E-state index in [1.165, 1.54) is 0 Å². The van der Waals surface area contributed by atoms with E-state index in [4.69, 9.17) is 4.74 Å². The summed E-state index contributed by atoms with van der Waals surface area (Å²) in [5.74, 6) is 0. The average molecular weight is 381 g/mol. The lowest BCUT2D eigenvalue weighted by Gasteiger charge is -2.41. The Kier molecular flexibility index (Phi) is 5.30. The van der Waals surface area contributed by atoms with Crippen LogP contribution in [-0.4, -0.2) is 49.4 Å². The molecule has 7 heteroatoms. The normalized spacial score (nSPS) is 23.8. The van der Waals surface area contributed by atoms with Crippen molar-refractivity contribution in [2.45, 2.75) is 68.3 Å². The van der Waals surface area contributed by atoms with Crippen molar-refractivity contribution in [2.75, 3.05) is 18.4 Å². The van der Waals surface area contributed by atoms with Gasteiger partial charge in [-0.2, -0.15) is 0 Å². The molecule has 0 spiro atoms. The Balaban J connectivity index is 1.66. The maximum Gasteiger partial charge on any atom is 0.322 e. The molecule has 1 aliphatic heterocycles. The molecule has 2 fully saturated rings. The Morgan fingerprint density at radius 1 is 1.19 bits per heavy atom. The van der Waals surface area contributed by atoms with Crippen molar-refractivity contribution in [3.8, 4) is 0 Å². The quantitative estimate of drug-likeness (QED) is 0.872. The lowest BCUT2D eigenvalue weighted by molar-refractivity contribution is -0.116. The number of morpholine rings is 1. The number of carbonyl (C=O) groups is 1. The van der Waals surface area contributed by atoms with Crippen LogP contribution in [0.1, 0.15) is 46.5 Å². The van der Waals surface area contributed by atoms with Crippen LogP contribution in [0.5, 0.6) is 0 Å². The molecule has 1 N–H and O–H groups in total. The molecule has 26 heavy (non-hydrogen) atoms. The van der Waals surface area contributed by atoms with Crippen molar-refractivity contribution < 1.29 is 17.9 Å². The standard InChI is InChI=1S/C19H28N2O4S/c1-14-12-21(13-19(2,3)25-14)18(22)20-15-8-10-17(11-9-15)26(23,24)16-6-4-5-7-16/h8-11,14,16H,4-7,12-13H2,1-3H3,(H,20,22). The van der Waals surface area contributed by atoms with Crippen LogP contribution in [-0.2, 0) is 14.6 Å². The Morgan fingerprint density at radius 2 is 1.81 bits per heavy atom. The number of rotatable bonds is 3. The third-order valence-corrected chi connectivity index (χ3v) is 7.31. The Hall–Kier alpha value is -1.60. The molecular formula is C19H28N2O4S. The molecule has 1 aromatic rings. The van der Waals surface area contributed by atoms with Crippen molar-refractivity contribution in [1.82, 2.24) is 4.90 Å². The van der Waals surface area contributed by atoms with Gasteiger partial charge < -0.3 is 15.0 Å². The Morgan fingerprint density at radius 3 is 2.38 bits per heavy atom. The summed E-state index contributed by atoms with van der Waals surface area (Å²) in [6.07, 6.45) is 3.42. The van der Waals surface area contributed by atoms with Gasteiger partial charge in [0.25, 0.3) is 0 Å². The summed E-state index contributed by atoms with van der Waals surface area (Å²) in [6.45, 7) is 6.92.